The molecule has 0 bridgehead atoms. The topological polar surface area (TPSA) is 99.1 Å². The highest BCUT2D eigenvalue weighted by Gasteiger charge is 2.04. The van der Waals surface area contributed by atoms with Crippen LogP contribution < -0.4 is 10.6 Å². The van der Waals surface area contributed by atoms with Crippen molar-refractivity contribution in [3.8, 4) is 6.07 Å². The molecule has 0 saturated heterocycles. The molecule has 6 heteroatoms. The molecule has 1 aromatic carbocycles. The second-order valence-electron chi connectivity index (χ2n) is 4.56. The summed E-state index contributed by atoms with van der Waals surface area (Å²) in [5.74, 6) is -0.540. The number of rotatable bonds is 7. The van der Waals surface area contributed by atoms with E-state index in [0.29, 0.717) is 12.2 Å². The molecule has 0 atom stereocenters. The van der Waals surface area contributed by atoms with E-state index in [1.807, 2.05) is 0 Å². The highest BCUT2D eigenvalue weighted by Crippen LogP contribution is 2.09. The van der Waals surface area contributed by atoms with Crippen molar-refractivity contribution in [2.75, 3.05) is 5.32 Å². The largest absolute Gasteiger partial charge is 0.352 e. The molecule has 0 unspecified atom stereocenters. The van der Waals surface area contributed by atoms with Crippen LogP contribution in [-0.2, 0) is 20.9 Å². The van der Waals surface area contributed by atoms with Gasteiger partial charge in [0.25, 0.3) is 0 Å². The summed E-state index contributed by atoms with van der Waals surface area (Å²) in [6.07, 6.45) is 0.251. The summed E-state index contributed by atoms with van der Waals surface area (Å²) in [5.41, 5.74) is 1.48. The fraction of sp³-hybridized carbons (Fsp3) is 0.333. The maximum atomic E-state index is 11.5. The number of amides is 2. The second-order valence-corrected chi connectivity index (χ2v) is 4.56. The minimum Gasteiger partial charge on any atom is -0.352 e. The van der Waals surface area contributed by atoms with Gasteiger partial charge in [0.2, 0.25) is 11.8 Å². The third-order valence-electron chi connectivity index (χ3n) is 2.67. The van der Waals surface area contributed by atoms with Crippen molar-refractivity contribution < 1.29 is 14.4 Å². The number of anilines is 1. The number of nitriles is 1. The van der Waals surface area contributed by atoms with Gasteiger partial charge in [-0.3, -0.25) is 9.59 Å². The first-order valence-corrected chi connectivity index (χ1v) is 6.53. The molecule has 0 radical (unpaired) electrons. The third-order valence-corrected chi connectivity index (χ3v) is 2.67. The van der Waals surface area contributed by atoms with Gasteiger partial charge in [-0.25, -0.2) is 0 Å². The minimum absolute atomic E-state index is 0.0115. The van der Waals surface area contributed by atoms with E-state index in [2.05, 4.69) is 10.6 Å². The van der Waals surface area contributed by atoms with Crippen LogP contribution in [0.15, 0.2) is 24.3 Å². The van der Waals surface area contributed by atoms with Crippen molar-refractivity contribution in [1.82, 2.24) is 5.32 Å². The van der Waals surface area contributed by atoms with Crippen LogP contribution in [0.2, 0.25) is 0 Å². The summed E-state index contributed by atoms with van der Waals surface area (Å²) < 4.78 is 0. The number of Topliss-reactive ketones (excluding diaryl/α,β-unsaturated/α-hetero) is 1. The molecule has 1 rings (SSSR count). The average Bonchev–Trinajstić information content (AvgIpc) is 2.44. The summed E-state index contributed by atoms with van der Waals surface area (Å²) in [5, 5.41) is 13.7. The van der Waals surface area contributed by atoms with Crippen molar-refractivity contribution in [3.05, 3.63) is 29.8 Å². The number of ketones is 1. The van der Waals surface area contributed by atoms with Gasteiger partial charge in [0.1, 0.15) is 12.2 Å². The second kappa shape index (κ2) is 8.48. The van der Waals surface area contributed by atoms with Gasteiger partial charge in [-0.1, -0.05) is 12.1 Å². The Kier molecular flexibility index (Phi) is 6.61. The lowest BCUT2D eigenvalue weighted by Gasteiger charge is -2.07. The zero-order valence-corrected chi connectivity index (χ0v) is 11.8. The zero-order chi connectivity index (χ0) is 15.7. The van der Waals surface area contributed by atoms with E-state index in [1.165, 1.54) is 6.92 Å². The predicted molar refractivity (Wildman–Crippen MR) is 77.1 cm³/mol. The van der Waals surface area contributed by atoms with E-state index in [9.17, 15) is 14.4 Å². The molecule has 1 aromatic rings. The number of carbonyl (C=O) groups is 3. The van der Waals surface area contributed by atoms with Crippen LogP contribution >= 0.6 is 0 Å². The van der Waals surface area contributed by atoms with Crippen LogP contribution in [-0.4, -0.2) is 17.6 Å². The first kappa shape index (κ1) is 16.4. The Balaban J connectivity index is 2.41. The number of hydrogen-bond donors (Lipinski definition) is 2. The number of carbonyl (C=O) groups excluding carboxylic acids is 3. The highest BCUT2D eigenvalue weighted by molar-refractivity contribution is 5.92. The van der Waals surface area contributed by atoms with Gasteiger partial charge in [-0.15, -0.1) is 0 Å². The van der Waals surface area contributed by atoms with Crippen molar-refractivity contribution >= 4 is 23.3 Å². The van der Waals surface area contributed by atoms with Gasteiger partial charge in [0, 0.05) is 25.1 Å². The molecule has 0 saturated carbocycles. The van der Waals surface area contributed by atoms with Gasteiger partial charge < -0.3 is 15.4 Å². The van der Waals surface area contributed by atoms with Crippen LogP contribution in [0, 0.1) is 11.3 Å². The molecule has 0 fully saturated rings. The van der Waals surface area contributed by atoms with Gasteiger partial charge in [0.05, 0.1) is 6.07 Å². The van der Waals surface area contributed by atoms with Gasteiger partial charge in [-0.2, -0.15) is 5.26 Å². The molecule has 0 heterocycles. The van der Waals surface area contributed by atoms with E-state index in [0.717, 1.165) is 5.56 Å². The standard InChI is InChI=1S/C15H17N3O3/c1-11(19)2-7-14(20)17-10-12-3-5-13(6-4-12)18-15(21)8-9-16/h3-6H,2,7-8,10H2,1H3,(H,17,20)(H,18,21). The molecule has 21 heavy (non-hydrogen) atoms. The monoisotopic (exact) mass is 287 g/mol. The van der Waals surface area contributed by atoms with Crippen molar-refractivity contribution in [3.63, 3.8) is 0 Å². The summed E-state index contributed by atoms with van der Waals surface area (Å²) >= 11 is 0. The third kappa shape index (κ3) is 6.87. The predicted octanol–water partition coefficient (Wildman–Crippen LogP) is 1.52. The van der Waals surface area contributed by atoms with E-state index in [4.69, 9.17) is 5.26 Å². The molecule has 0 aliphatic carbocycles. The maximum Gasteiger partial charge on any atom is 0.238 e. The molecular formula is C15H17N3O3. The number of nitrogens with one attached hydrogen (secondary N) is 2. The fourth-order valence-corrected chi connectivity index (χ4v) is 1.56. The minimum atomic E-state index is -0.359. The van der Waals surface area contributed by atoms with Crippen molar-refractivity contribution in [2.24, 2.45) is 0 Å². The van der Waals surface area contributed by atoms with Crippen LogP contribution in [0.4, 0.5) is 5.69 Å². The normalized spacial score (nSPS) is 9.52. The highest BCUT2D eigenvalue weighted by atomic mass is 16.2. The Morgan fingerprint density at radius 2 is 1.76 bits per heavy atom. The molecule has 2 N–H and O–H groups in total. The van der Waals surface area contributed by atoms with Crippen LogP contribution in [0.5, 0.6) is 0 Å². The molecular weight excluding hydrogens is 270 g/mol. The summed E-state index contributed by atoms with van der Waals surface area (Å²) in [6, 6.07) is 8.71. The van der Waals surface area contributed by atoms with Crippen molar-refractivity contribution in [2.45, 2.75) is 32.7 Å². The maximum absolute atomic E-state index is 11.5. The average molecular weight is 287 g/mol. The molecule has 6 nitrogen and oxygen atoms in total. The molecule has 0 aromatic heterocycles. The first-order chi connectivity index (χ1) is 10.0. The SMILES string of the molecule is CC(=O)CCC(=O)NCc1ccc(NC(=O)CC#N)cc1. The number of benzene rings is 1. The molecule has 110 valence electrons. The van der Waals surface area contributed by atoms with Gasteiger partial charge in [0.15, 0.2) is 0 Å². The Morgan fingerprint density at radius 3 is 2.33 bits per heavy atom. The van der Waals surface area contributed by atoms with Crippen LogP contribution in [0.1, 0.15) is 31.7 Å². The lowest BCUT2D eigenvalue weighted by atomic mass is 10.2. The fourth-order valence-electron chi connectivity index (χ4n) is 1.56. The van der Waals surface area contributed by atoms with E-state index in [-0.39, 0.29) is 36.9 Å². The van der Waals surface area contributed by atoms with Crippen molar-refractivity contribution in [1.29, 1.82) is 5.26 Å². The molecule has 0 spiro atoms. The Bertz CT molecular complexity index is 559. The van der Waals surface area contributed by atoms with Crippen LogP contribution in [0.3, 0.4) is 0 Å². The summed E-state index contributed by atoms with van der Waals surface area (Å²) in [4.78, 5) is 33.4. The summed E-state index contributed by atoms with van der Waals surface area (Å²) in [6.45, 7) is 1.82. The molecule has 0 aliphatic heterocycles. The zero-order valence-electron chi connectivity index (χ0n) is 11.8. The van der Waals surface area contributed by atoms with Gasteiger partial charge >= 0.3 is 0 Å². The smallest absolute Gasteiger partial charge is 0.238 e. The Morgan fingerprint density at radius 1 is 1.10 bits per heavy atom. The summed E-state index contributed by atoms with van der Waals surface area (Å²) in [7, 11) is 0. The Labute approximate surface area is 123 Å². The van der Waals surface area contributed by atoms with E-state index >= 15 is 0 Å². The quantitative estimate of drug-likeness (QED) is 0.794. The van der Waals surface area contributed by atoms with Gasteiger partial charge in [-0.05, 0) is 24.6 Å². The molecule has 0 aliphatic rings. The van der Waals surface area contributed by atoms with E-state index in [1.54, 1.807) is 30.3 Å². The lowest BCUT2D eigenvalue weighted by Crippen LogP contribution is -2.23. The lowest BCUT2D eigenvalue weighted by molar-refractivity contribution is -0.124. The Hall–Kier alpha value is -2.68. The first-order valence-electron chi connectivity index (χ1n) is 6.53. The number of hydrogen-bond acceptors (Lipinski definition) is 4. The van der Waals surface area contributed by atoms with E-state index < -0.39 is 0 Å². The molecule has 2 amide bonds. The van der Waals surface area contributed by atoms with Crippen LogP contribution in [0.25, 0.3) is 0 Å². The number of nitrogens with zero attached hydrogens (tertiary/aromatic N) is 1.